The number of nitrogens with zero attached hydrogens (tertiary/aromatic N) is 4. The van der Waals surface area contributed by atoms with E-state index in [1.807, 2.05) is 6.92 Å². The van der Waals surface area contributed by atoms with Crippen molar-refractivity contribution in [3.8, 4) is 6.07 Å². The van der Waals surface area contributed by atoms with Crippen molar-refractivity contribution in [3.05, 3.63) is 34.4 Å². The lowest BCUT2D eigenvalue weighted by Gasteiger charge is -2.36. The first-order chi connectivity index (χ1) is 9.60. The number of benzene rings is 1. The quantitative estimate of drug-likeness (QED) is 0.619. The molecule has 1 aliphatic rings. The monoisotopic (exact) mass is 274 g/mol. The van der Waals surface area contributed by atoms with Crippen molar-refractivity contribution < 1.29 is 4.92 Å². The lowest BCUT2D eigenvalue weighted by molar-refractivity contribution is -0.384. The molecule has 0 unspecified atom stereocenters. The van der Waals surface area contributed by atoms with E-state index in [9.17, 15) is 10.1 Å². The molecule has 20 heavy (non-hydrogen) atoms. The van der Waals surface area contributed by atoms with Crippen LogP contribution >= 0.6 is 0 Å². The highest BCUT2D eigenvalue weighted by Crippen LogP contribution is 2.20. The summed E-state index contributed by atoms with van der Waals surface area (Å²) in [5, 5.41) is 19.4. The van der Waals surface area contributed by atoms with Gasteiger partial charge in [-0.3, -0.25) is 15.0 Å². The summed E-state index contributed by atoms with van der Waals surface area (Å²) >= 11 is 0. The van der Waals surface area contributed by atoms with E-state index >= 15 is 0 Å². The summed E-state index contributed by atoms with van der Waals surface area (Å²) in [4.78, 5) is 14.7. The smallest absolute Gasteiger partial charge is 0.269 e. The van der Waals surface area contributed by atoms with Crippen molar-refractivity contribution in [2.45, 2.75) is 6.92 Å². The number of rotatable bonds is 4. The van der Waals surface area contributed by atoms with Gasteiger partial charge in [-0.25, -0.2) is 0 Å². The van der Waals surface area contributed by atoms with Gasteiger partial charge in [0.25, 0.3) is 5.69 Å². The van der Waals surface area contributed by atoms with Crippen LogP contribution in [0.2, 0.25) is 0 Å². The topological polar surface area (TPSA) is 73.4 Å². The molecule has 6 nitrogen and oxygen atoms in total. The van der Waals surface area contributed by atoms with E-state index in [1.165, 1.54) is 0 Å². The van der Waals surface area contributed by atoms with Gasteiger partial charge in [-0.05, 0) is 19.1 Å². The first-order valence-corrected chi connectivity index (χ1v) is 6.71. The van der Waals surface area contributed by atoms with Gasteiger partial charge in [0.1, 0.15) is 0 Å². The molecule has 1 atom stereocenters. The highest BCUT2D eigenvalue weighted by molar-refractivity contribution is 5.51. The van der Waals surface area contributed by atoms with E-state index in [0.29, 0.717) is 0 Å². The van der Waals surface area contributed by atoms with Gasteiger partial charge >= 0.3 is 0 Å². The second kappa shape index (κ2) is 6.35. The molecule has 0 bridgehead atoms. The van der Waals surface area contributed by atoms with Crippen LogP contribution in [0.3, 0.4) is 0 Å². The maximum atomic E-state index is 10.6. The molecule has 1 fully saturated rings. The normalized spacial score (nSPS) is 17.5. The van der Waals surface area contributed by atoms with Crippen molar-refractivity contribution >= 4 is 11.4 Å². The molecule has 1 aromatic carbocycles. The van der Waals surface area contributed by atoms with E-state index < -0.39 is 0 Å². The van der Waals surface area contributed by atoms with Gasteiger partial charge in [-0.1, -0.05) is 0 Å². The van der Waals surface area contributed by atoms with E-state index in [1.54, 1.807) is 24.3 Å². The Bertz CT molecular complexity index is 501. The molecule has 1 saturated heterocycles. The SMILES string of the molecule is C[C@@H](C#N)CN1CCN(c2ccc([N+](=O)[O-])cc2)CC1. The van der Waals surface area contributed by atoms with Gasteiger partial charge < -0.3 is 4.90 Å². The van der Waals surface area contributed by atoms with Crippen molar-refractivity contribution in [1.29, 1.82) is 5.26 Å². The fourth-order valence-corrected chi connectivity index (χ4v) is 2.40. The number of non-ortho nitro benzene ring substituents is 1. The molecule has 0 N–H and O–H groups in total. The van der Waals surface area contributed by atoms with Gasteiger partial charge in [-0.2, -0.15) is 5.26 Å². The Labute approximate surface area is 118 Å². The fourth-order valence-electron chi connectivity index (χ4n) is 2.40. The van der Waals surface area contributed by atoms with Crippen LogP contribution in [0.25, 0.3) is 0 Å². The number of nitriles is 1. The third-order valence-electron chi connectivity index (χ3n) is 3.55. The summed E-state index contributed by atoms with van der Waals surface area (Å²) in [6, 6.07) is 8.93. The molecule has 1 heterocycles. The van der Waals surface area contributed by atoms with Crippen LogP contribution in [0.1, 0.15) is 6.92 Å². The van der Waals surface area contributed by atoms with E-state index in [-0.39, 0.29) is 16.5 Å². The Hall–Kier alpha value is -2.13. The summed E-state index contributed by atoms with van der Waals surface area (Å²) in [5.41, 5.74) is 1.14. The lowest BCUT2D eigenvalue weighted by atomic mass is 10.1. The Kier molecular flexibility index (Phi) is 4.53. The third-order valence-corrected chi connectivity index (χ3v) is 3.55. The second-order valence-electron chi connectivity index (χ2n) is 5.09. The number of hydrogen-bond donors (Lipinski definition) is 0. The van der Waals surface area contributed by atoms with E-state index in [4.69, 9.17) is 5.26 Å². The molecule has 6 heteroatoms. The highest BCUT2D eigenvalue weighted by atomic mass is 16.6. The molecule has 0 radical (unpaired) electrons. The van der Waals surface area contributed by atoms with E-state index in [2.05, 4.69) is 15.9 Å². The van der Waals surface area contributed by atoms with Crippen LogP contribution in [0.15, 0.2) is 24.3 Å². The summed E-state index contributed by atoms with van der Waals surface area (Å²) < 4.78 is 0. The third kappa shape index (κ3) is 3.45. The molecule has 0 saturated carbocycles. The minimum Gasteiger partial charge on any atom is -0.369 e. The molecule has 1 aliphatic heterocycles. The van der Waals surface area contributed by atoms with Crippen LogP contribution < -0.4 is 4.90 Å². The van der Waals surface area contributed by atoms with Gasteiger partial charge in [0, 0.05) is 50.5 Å². The predicted octanol–water partition coefficient (Wildman–Crippen LogP) is 1.88. The van der Waals surface area contributed by atoms with Crippen LogP contribution in [0.4, 0.5) is 11.4 Å². The average molecular weight is 274 g/mol. The first-order valence-electron chi connectivity index (χ1n) is 6.71. The molecule has 106 valence electrons. The Morgan fingerprint density at radius 3 is 2.40 bits per heavy atom. The van der Waals surface area contributed by atoms with Crippen LogP contribution in [-0.4, -0.2) is 42.5 Å². The molecular weight excluding hydrogens is 256 g/mol. The molecule has 2 rings (SSSR count). The van der Waals surface area contributed by atoms with Crippen molar-refractivity contribution in [2.24, 2.45) is 5.92 Å². The predicted molar refractivity (Wildman–Crippen MR) is 76.5 cm³/mol. The maximum absolute atomic E-state index is 10.6. The van der Waals surface area contributed by atoms with Gasteiger partial charge in [-0.15, -0.1) is 0 Å². The summed E-state index contributed by atoms with van der Waals surface area (Å²) in [7, 11) is 0. The number of nitro groups is 1. The molecule has 0 aliphatic carbocycles. The van der Waals surface area contributed by atoms with Crippen molar-refractivity contribution in [3.63, 3.8) is 0 Å². The number of anilines is 1. The van der Waals surface area contributed by atoms with Gasteiger partial charge in [0.15, 0.2) is 0 Å². The molecular formula is C14H18N4O2. The molecule has 0 amide bonds. The lowest BCUT2D eigenvalue weighted by Crippen LogP contribution is -2.47. The van der Waals surface area contributed by atoms with Crippen LogP contribution in [-0.2, 0) is 0 Å². The number of hydrogen-bond acceptors (Lipinski definition) is 5. The van der Waals surface area contributed by atoms with Gasteiger partial charge in [0.05, 0.1) is 16.9 Å². The minimum absolute atomic E-state index is 0.0564. The summed E-state index contributed by atoms with van der Waals surface area (Å²) in [5.74, 6) is 0.0564. The zero-order valence-corrected chi connectivity index (χ0v) is 11.5. The Balaban J connectivity index is 1.90. The first kappa shape index (κ1) is 14.3. The number of piperazine rings is 1. The fraction of sp³-hybridized carbons (Fsp3) is 0.500. The largest absolute Gasteiger partial charge is 0.369 e. The molecule has 1 aromatic rings. The van der Waals surface area contributed by atoms with E-state index in [0.717, 1.165) is 38.4 Å². The van der Waals surface area contributed by atoms with Crippen LogP contribution in [0, 0.1) is 27.4 Å². The molecule has 0 aromatic heterocycles. The zero-order chi connectivity index (χ0) is 14.5. The maximum Gasteiger partial charge on any atom is 0.269 e. The Morgan fingerprint density at radius 1 is 1.30 bits per heavy atom. The average Bonchev–Trinajstić information content (AvgIpc) is 2.48. The van der Waals surface area contributed by atoms with Gasteiger partial charge in [0.2, 0.25) is 0 Å². The minimum atomic E-state index is -0.384. The summed E-state index contributed by atoms with van der Waals surface area (Å²) in [6.45, 7) is 6.35. The molecule has 0 spiro atoms. The zero-order valence-electron chi connectivity index (χ0n) is 11.5. The van der Waals surface area contributed by atoms with Crippen molar-refractivity contribution in [2.75, 3.05) is 37.6 Å². The van der Waals surface area contributed by atoms with Crippen LogP contribution in [0.5, 0.6) is 0 Å². The highest BCUT2D eigenvalue weighted by Gasteiger charge is 2.19. The summed E-state index contributed by atoms with van der Waals surface area (Å²) in [6.07, 6.45) is 0. The standard InChI is InChI=1S/C14H18N4O2/c1-12(10-15)11-16-6-8-17(9-7-16)13-2-4-14(5-3-13)18(19)20/h2-5,12H,6-9,11H2,1H3/t12-/m0/s1. The Morgan fingerprint density at radius 2 is 1.90 bits per heavy atom. The van der Waals surface area contributed by atoms with Crippen molar-refractivity contribution in [1.82, 2.24) is 4.90 Å². The number of nitro benzene ring substituents is 1. The second-order valence-corrected chi connectivity index (χ2v) is 5.09.